The molecule has 106 valence electrons. The normalized spacial score (nSPS) is 17.5. The second-order valence-electron chi connectivity index (χ2n) is 6.08. The van der Waals surface area contributed by atoms with Crippen molar-refractivity contribution in [2.45, 2.75) is 32.6 Å². The number of likely N-dealkylation sites (N-methyl/N-ethyl adjacent to an activating group) is 1. The molecule has 1 aliphatic rings. The lowest BCUT2D eigenvalue weighted by atomic mass is 9.69. The third-order valence-electron chi connectivity index (χ3n) is 4.36. The number of halogens is 1. The summed E-state index contributed by atoms with van der Waals surface area (Å²) in [5.74, 6) is -0.134. The molecule has 1 aliphatic carbocycles. The third kappa shape index (κ3) is 3.54. The number of rotatable bonds is 6. The molecule has 0 unspecified atom stereocenters. The van der Waals surface area contributed by atoms with E-state index in [0.717, 1.165) is 32.4 Å². The third-order valence-corrected chi connectivity index (χ3v) is 4.36. The molecule has 0 heterocycles. The van der Waals surface area contributed by atoms with E-state index in [-0.39, 0.29) is 11.2 Å². The van der Waals surface area contributed by atoms with Crippen molar-refractivity contribution >= 4 is 0 Å². The van der Waals surface area contributed by atoms with Gasteiger partial charge in [0.25, 0.3) is 0 Å². The van der Waals surface area contributed by atoms with Gasteiger partial charge < -0.3 is 10.0 Å². The maximum Gasteiger partial charge on any atom is 0.126 e. The first-order valence-corrected chi connectivity index (χ1v) is 7.09. The van der Waals surface area contributed by atoms with Gasteiger partial charge in [-0.2, -0.15) is 0 Å². The Morgan fingerprint density at radius 1 is 1.37 bits per heavy atom. The fourth-order valence-electron chi connectivity index (χ4n) is 2.88. The van der Waals surface area contributed by atoms with Gasteiger partial charge in [-0.05, 0) is 50.4 Å². The van der Waals surface area contributed by atoms with E-state index < -0.39 is 0 Å². The zero-order valence-corrected chi connectivity index (χ0v) is 12.0. The van der Waals surface area contributed by atoms with Crippen LogP contribution in [-0.2, 0) is 6.42 Å². The first-order chi connectivity index (χ1) is 9.04. The number of benzene rings is 1. The minimum atomic E-state index is -0.134. The summed E-state index contributed by atoms with van der Waals surface area (Å²) in [4.78, 5) is 2.29. The monoisotopic (exact) mass is 265 g/mol. The lowest BCUT2D eigenvalue weighted by Gasteiger charge is -2.43. The van der Waals surface area contributed by atoms with E-state index >= 15 is 0 Å². The van der Waals surface area contributed by atoms with Crippen molar-refractivity contribution in [1.82, 2.24) is 4.90 Å². The first-order valence-electron chi connectivity index (χ1n) is 7.09. The van der Waals surface area contributed by atoms with E-state index in [2.05, 4.69) is 11.9 Å². The molecule has 0 atom stereocenters. The number of aliphatic hydroxyl groups is 1. The Kier molecular flexibility index (Phi) is 4.58. The summed E-state index contributed by atoms with van der Waals surface area (Å²) >= 11 is 0. The Morgan fingerprint density at radius 3 is 2.63 bits per heavy atom. The number of aliphatic hydroxyl groups excluding tert-OH is 1. The second kappa shape index (κ2) is 6.02. The Hall–Kier alpha value is -0.930. The molecule has 0 radical (unpaired) electrons. The average molecular weight is 265 g/mol. The average Bonchev–Trinajstić information content (AvgIpc) is 2.35. The van der Waals surface area contributed by atoms with Crippen LogP contribution in [0.5, 0.6) is 0 Å². The minimum absolute atomic E-state index is 0.134. The largest absolute Gasteiger partial charge is 0.396 e. The SMILES string of the molecule is Cc1cc(CCN(C)CC2(CO)CCC2)ccc1F. The Balaban J connectivity index is 1.82. The van der Waals surface area contributed by atoms with Crippen molar-refractivity contribution in [3.05, 3.63) is 35.1 Å². The van der Waals surface area contributed by atoms with Crippen molar-refractivity contribution in [2.24, 2.45) is 5.41 Å². The minimum Gasteiger partial charge on any atom is -0.396 e. The van der Waals surface area contributed by atoms with Crippen LogP contribution in [0.3, 0.4) is 0 Å². The van der Waals surface area contributed by atoms with Gasteiger partial charge in [0.05, 0.1) is 0 Å². The fraction of sp³-hybridized carbons (Fsp3) is 0.625. The molecule has 19 heavy (non-hydrogen) atoms. The highest BCUT2D eigenvalue weighted by Gasteiger charge is 2.36. The predicted molar refractivity (Wildman–Crippen MR) is 75.7 cm³/mol. The summed E-state index contributed by atoms with van der Waals surface area (Å²) in [5, 5.41) is 9.47. The van der Waals surface area contributed by atoms with Crippen LogP contribution in [0.1, 0.15) is 30.4 Å². The van der Waals surface area contributed by atoms with E-state index in [1.54, 1.807) is 13.0 Å². The van der Waals surface area contributed by atoms with Crippen LogP contribution < -0.4 is 0 Å². The Bertz CT molecular complexity index is 423. The highest BCUT2D eigenvalue weighted by molar-refractivity contribution is 5.24. The maximum absolute atomic E-state index is 13.2. The molecule has 0 amide bonds. The second-order valence-corrected chi connectivity index (χ2v) is 6.08. The molecule has 1 N–H and O–H groups in total. The smallest absolute Gasteiger partial charge is 0.126 e. The van der Waals surface area contributed by atoms with Gasteiger partial charge in [0, 0.05) is 25.1 Å². The molecule has 1 aromatic carbocycles. The van der Waals surface area contributed by atoms with Crippen molar-refractivity contribution < 1.29 is 9.50 Å². The van der Waals surface area contributed by atoms with Gasteiger partial charge in [-0.1, -0.05) is 18.6 Å². The van der Waals surface area contributed by atoms with Gasteiger partial charge in [-0.25, -0.2) is 4.39 Å². The van der Waals surface area contributed by atoms with E-state index in [1.165, 1.54) is 12.0 Å². The maximum atomic E-state index is 13.2. The predicted octanol–water partition coefficient (Wildman–Crippen LogP) is 2.77. The number of aryl methyl sites for hydroxylation is 1. The summed E-state index contributed by atoms with van der Waals surface area (Å²) in [6.07, 6.45) is 4.46. The van der Waals surface area contributed by atoms with Gasteiger partial charge in [0.2, 0.25) is 0 Å². The molecule has 1 saturated carbocycles. The molecule has 1 aromatic rings. The summed E-state index contributed by atoms with van der Waals surface area (Å²) in [5.41, 5.74) is 2.04. The first kappa shape index (κ1) is 14.5. The van der Waals surface area contributed by atoms with Gasteiger partial charge in [0.1, 0.15) is 5.82 Å². The van der Waals surface area contributed by atoms with E-state index in [0.29, 0.717) is 12.2 Å². The van der Waals surface area contributed by atoms with E-state index in [1.807, 2.05) is 12.1 Å². The summed E-state index contributed by atoms with van der Waals surface area (Å²) in [6, 6.07) is 5.33. The molecule has 1 fully saturated rings. The van der Waals surface area contributed by atoms with Crippen LogP contribution in [0, 0.1) is 18.2 Å². The van der Waals surface area contributed by atoms with Crippen molar-refractivity contribution in [1.29, 1.82) is 0 Å². The van der Waals surface area contributed by atoms with Crippen molar-refractivity contribution in [3.8, 4) is 0 Å². The molecule has 0 aromatic heterocycles. The quantitative estimate of drug-likeness (QED) is 0.855. The lowest BCUT2D eigenvalue weighted by Crippen LogP contribution is -2.44. The van der Waals surface area contributed by atoms with Crippen LogP contribution in [-0.4, -0.2) is 36.8 Å². The zero-order valence-electron chi connectivity index (χ0n) is 12.0. The van der Waals surface area contributed by atoms with E-state index in [4.69, 9.17) is 0 Å². The zero-order chi connectivity index (χ0) is 13.9. The molecule has 0 saturated heterocycles. The molecule has 0 bridgehead atoms. The summed E-state index contributed by atoms with van der Waals surface area (Å²) in [7, 11) is 2.10. The molecule has 2 rings (SSSR count). The summed E-state index contributed by atoms with van der Waals surface area (Å²) in [6.45, 7) is 4.02. The standard InChI is InChI=1S/C16H24FNO/c1-13-10-14(4-5-15(13)17)6-9-18(2)11-16(12-19)7-3-8-16/h4-5,10,19H,3,6-9,11-12H2,1-2H3. The Labute approximate surface area is 115 Å². The number of hydrogen-bond acceptors (Lipinski definition) is 2. The highest BCUT2D eigenvalue weighted by atomic mass is 19.1. The van der Waals surface area contributed by atoms with Crippen LogP contribution >= 0.6 is 0 Å². The fourth-order valence-corrected chi connectivity index (χ4v) is 2.88. The molecule has 3 heteroatoms. The molecule has 0 aliphatic heterocycles. The topological polar surface area (TPSA) is 23.5 Å². The molecule has 0 spiro atoms. The van der Waals surface area contributed by atoms with Crippen LogP contribution in [0.15, 0.2) is 18.2 Å². The van der Waals surface area contributed by atoms with Gasteiger partial charge in [-0.15, -0.1) is 0 Å². The summed E-state index contributed by atoms with van der Waals surface area (Å²) < 4.78 is 13.2. The molecule has 2 nitrogen and oxygen atoms in total. The molecular weight excluding hydrogens is 241 g/mol. The van der Waals surface area contributed by atoms with Gasteiger partial charge in [0.15, 0.2) is 0 Å². The van der Waals surface area contributed by atoms with Gasteiger partial charge >= 0.3 is 0 Å². The number of hydrogen-bond donors (Lipinski definition) is 1. The highest BCUT2D eigenvalue weighted by Crippen LogP contribution is 2.40. The van der Waals surface area contributed by atoms with Crippen molar-refractivity contribution in [3.63, 3.8) is 0 Å². The van der Waals surface area contributed by atoms with Gasteiger partial charge in [-0.3, -0.25) is 0 Å². The van der Waals surface area contributed by atoms with Crippen molar-refractivity contribution in [2.75, 3.05) is 26.7 Å². The van der Waals surface area contributed by atoms with Crippen LogP contribution in [0.25, 0.3) is 0 Å². The van der Waals surface area contributed by atoms with E-state index in [9.17, 15) is 9.50 Å². The number of nitrogens with zero attached hydrogens (tertiary/aromatic N) is 1. The molecular formula is C16H24FNO. The van der Waals surface area contributed by atoms with Crippen LogP contribution in [0.4, 0.5) is 4.39 Å². The Morgan fingerprint density at radius 2 is 2.11 bits per heavy atom. The van der Waals surface area contributed by atoms with Crippen LogP contribution in [0.2, 0.25) is 0 Å². The lowest BCUT2D eigenvalue weighted by molar-refractivity contribution is 0.0149.